The molecule has 0 amide bonds. The van der Waals surface area contributed by atoms with E-state index in [0.717, 1.165) is 34.4 Å². The van der Waals surface area contributed by atoms with Crippen molar-refractivity contribution in [2.45, 2.75) is 39.7 Å². The lowest BCUT2D eigenvalue weighted by molar-refractivity contribution is 0.586. The standard InChI is InChI=1S/C12H20BrN3/c1-5-9(6-2)16(4)12-11(13)8(3)10(14)7-15-12/h7,9H,5-6,14H2,1-4H3. The Kier molecular flexibility index (Phi) is 4.59. The van der Waals surface area contributed by atoms with Gasteiger partial charge in [0, 0.05) is 13.1 Å². The van der Waals surface area contributed by atoms with Crippen LogP contribution in [0.3, 0.4) is 0 Å². The maximum Gasteiger partial charge on any atom is 0.143 e. The third-order valence-electron chi connectivity index (χ3n) is 3.11. The van der Waals surface area contributed by atoms with Crippen LogP contribution >= 0.6 is 15.9 Å². The minimum absolute atomic E-state index is 0.520. The van der Waals surface area contributed by atoms with Gasteiger partial charge in [-0.1, -0.05) is 13.8 Å². The Morgan fingerprint density at radius 3 is 2.50 bits per heavy atom. The number of nitrogens with zero attached hydrogens (tertiary/aromatic N) is 2. The van der Waals surface area contributed by atoms with Gasteiger partial charge in [-0.3, -0.25) is 0 Å². The average Bonchev–Trinajstić information content (AvgIpc) is 2.27. The molecule has 0 spiro atoms. The highest BCUT2D eigenvalue weighted by Crippen LogP contribution is 2.31. The Hall–Kier alpha value is -0.770. The lowest BCUT2D eigenvalue weighted by atomic mass is 10.1. The molecule has 0 bridgehead atoms. The molecule has 1 rings (SSSR count). The average molecular weight is 286 g/mol. The second-order valence-corrected chi connectivity index (χ2v) is 4.85. The van der Waals surface area contributed by atoms with Crippen molar-refractivity contribution in [2.24, 2.45) is 0 Å². The molecule has 16 heavy (non-hydrogen) atoms. The maximum atomic E-state index is 5.82. The summed E-state index contributed by atoms with van der Waals surface area (Å²) in [7, 11) is 2.08. The molecular formula is C12H20BrN3. The third-order valence-corrected chi connectivity index (χ3v) is 4.06. The smallest absolute Gasteiger partial charge is 0.143 e. The van der Waals surface area contributed by atoms with E-state index in [2.05, 4.69) is 46.7 Å². The van der Waals surface area contributed by atoms with Crippen LogP contribution in [0.2, 0.25) is 0 Å². The molecule has 1 aromatic rings. The number of anilines is 2. The van der Waals surface area contributed by atoms with E-state index in [-0.39, 0.29) is 0 Å². The summed E-state index contributed by atoms with van der Waals surface area (Å²) in [6, 6.07) is 0.520. The minimum atomic E-state index is 0.520. The number of halogens is 1. The summed E-state index contributed by atoms with van der Waals surface area (Å²) >= 11 is 3.57. The Morgan fingerprint density at radius 2 is 2.00 bits per heavy atom. The van der Waals surface area contributed by atoms with E-state index in [1.165, 1.54) is 0 Å². The molecule has 0 aromatic carbocycles. The van der Waals surface area contributed by atoms with Gasteiger partial charge in [0.05, 0.1) is 16.4 Å². The zero-order valence-electron chi connectivity index (χ0n) is 10.4. The Labute approximate surface area is 106 Å². The second kappa shape index (κ2) is 5.53. The summed E-state index contributed by atoms with van der Waals surface area (Å²) in [5.74, 6) is 0.973. The van der Waals surface area contributed by atoms with Crippen LogP contribution in [0.4, 0.5) is 11.5 Å². The molecule has 1 aromatic heterocycles. The van der Waals surface area contributed by atoms with Gasteiger partial charge in [0.15, 0.2) is 0 Å². The summed E-state index contributed by atoms with van der Waals surface area (Å²) in [6.07, 6.45) is 3.96. The predicted octanol–water partition coefficient (Wildman–Crippen LogP) is 3.36. The van der Waals surface area contributed by atoms with Gasteiger partial charge in [0.25, 0.3) is 0 Å². The van der Waals surface area contributed by atoms with Crippen LogP contribution in [0.25, 0.3) is 0 Å². The molecule has 0 aliphatic rings. The second-order valence-electron chi connectivity index (χ2n) is 4.06. The Balaban J connectivity index is 3.09. The van der Waals surface area contributed by atoms with E-state index in [1.807, 2.05) is 6.92 Å². The maximum absolute atomic E-state index is 5.82. The molecule has 4 heteroatoms. The van der Waals surface area contributed by atoms with Crippen LogP contribution in [-0.2, 0) is 0 Å². The topological polar surface area (TPSA) is 42.2 Å². The SMILES string of the molecule is CCC(CC)N(C)c1ncc(N)c(C)c1Br. The van der Waals surface area contributed by atoms with E-state index in [0.29, 0.717) is 6.04 Å². The van der Waals surface area contributed by atoms with Gasteiger partial charge in [-0.15, -0.1) is 0 Å². The van der Waals surface area contributed by atoms with Gasteiger partial charge < -0.3 is 10.6 Å². The summed E-state index contributed by atoms with van der Waals surface area (Å²) in [4.78, 5) is 6.63. The van der Waals surface area contributed by atoms with Crippen LogP contribution in [0, 0.1) is 6.92 Å². The summed E-state index contributed by atoms with van der Waals surface area (Å²) < 4.78 is 1.00. The highest BCUT2D eigenvalue weighted by Gasteiger charge is 2.16. The molecule has 0 saturated heterocycles. The molecule has 0 radical (unpaired) electrons. The van der Waals surface area contributed by atoms with Gasteiger partial charge in [0.2, 0.25) is 0 Å². The molecule has 90 valence electrons. The lowest BCUT2D eigenvalue weighted by Crippen LogP contribution is -2.31. The third kappa shape index (κ3) is 2.48. The monoisotopic (exact) mass is 285 g/mol. The van der Waals surface area contributed by atoms with Crippen LogP contribution in [0.5, 0.6) is 0 Å². The number of nitrogens with two attached hydrogens (primary N) is 1. The number of nitrogen functional groups attached to an aromatic ring is 1. The Morgan fingerprint density at radius 1 is 1.44 bits per heavy atom. The van der Waals surface area contributed by atoms with Crippen molar-refractivity contribution in [3.63, 3.8) is 0 Å². The van der Waals surface area contributed by atoms with Crippen molar-refractivity contribution in [3.05, 3.63) is 16.2 Å². The van der Waals surface area contributed by atoms with Crippen molar-refractivity contribution in [1.29, 1.82) is 0 Å². The van der Waals surface area contributed by atoms with E-state index >= 15 is 0 Å². The van der Waals surface area contributed by atoms with E-state index < -0.39 is 0 Å². The van der Waals surface area contributed by atoms with Crippen molar-refractivity contribution in [3.8, 4) is 0 Å². The van der Waals surface area contributed by atoms with E-state index in [1.54, 1.807) is 6.20 Å². The summed E-state index contributed by atoms with van der Waals surface area (Å²) in [5.41, 5.74) is 7.61. The number of pyridine rings is 1. The molecule has 0 aliphatic heterocycles. The van der Waals surface area contributed by atoms with E-state index in [9.17, 15) is 0 Å². The molecule has 3 nitrogen and oxygen atoms in total. The normalized spacial score (nSPS) is 10.9. The first-order valence-corrected chi connectivity index (χ1v) is 6.45. The largest absolute Gasteiger partial charge is 0.397 e. The first-order valence-electron chi connectivity index (χ1n) is 5.66. The molecule has 0 unspecified atom stereocenters. The number of aromatic nitrogens is 1. The predicted molar refractivity (Wildman–Crippen MR) is 73.9 cm³/mol. The fraction of sp³-hybridized carbons (Fsp3) is 0.583. The van der Waals surface area contributed by atoms with Gasteiger partial charge >= 0.3 is 0 Å². The van der Waals surface area contributed by atoms with Crippen LogP contribution in [0.15, 0.2) is 10.7 Å². The zero-order chi connectivity index (χ0) is 12.3. The lowest BCUT2D eigenvalue weighted by Gasteiger charge is -2.28. The van der Waals surface area contributed by atoms with Crippen molar-refractivity contribution in [2.75, 3.05) is 17.7 Å². The van der Waals surface area contributed by atoms with Gasteiger partial charge in [-0.2, -0.15) is 0 Å². The fourth-order valence-corrected chi connectivity index (χ4v) is 2.44. The molecule has 1 heterocycles. The number of rotatable bonds is 4. The summed E-state index contributed by atoms with van der Waals surface area (Å²) in [6.45, 7) is 6.40. The first kappa shape index (κ1) is 13.3. The van der Waals surface area contributed by atoms with Gasteiger partial charge in [0.1, 0.15) is 5.82 Å². The highest BCUT2D eigenvalue weighted by molar-refractivity contribution is 9.10. The molecule has 0 aliphatic carbocycles. The molecule has 2 N–H and O–H groups in total. The van der Waals surface area contributed by atoms with Gasteiger partial charge in [-0.25, -0.2) is 4.98 Å². The first-order chi connectivity index (χ1) is 7.52. The number of hydrogen-bond acceptors (Lipinski definition) is 3. The zero-order valence-corrected chi connectivity index (χ0v) is 12.0. The highest BCUT2D eigenvalue weighted by atomic mass is 79.9. The molecule has 0 saturated carbocycles. The molecule has 0 atom stereocenters. The van der Waals surface area contributed by atoms with Gasteiger partial charge in [-0.05, 0) is 41.3 Å². The summed E-state index contributed by atoms with van der Waals surface area (Å²) in [5, 5.41) is 0. The molecular weight excluding hydrogens is 266 g/mol. The van der Waals surface area contributed by atoms with Crippen LogP contribution in [-0.4, -0.2) is 18.1 Å². The van der Waals surface area contributed by atoms with Crippen LogP contribution in [0.1, 0.15) is 32.3 Å². The van der Waals surface area contributed by atoms with Crippen molar-refractivity contribution < 1.29 is 0 Å². The minimum Gasteiger partial charge on any atom is -0.397 e. The quantitative estimate of drug-likeness (QED) is 0.922. The van der Waals surface area contributed by atoms with Crippen LogP contribution < -0.4 is 10.6 Å². The van der Waals surface area contributed by atoms with Crippen molar-refractivity contribution >= 4 is 27.4 Å². The van der Waals surface area contributed by atoms with Crippen molar-refractivity contribution in [1.82, 2.24) is 4.98 Å². The Bertz CT molecular complexity index is 362. The number of hydrogen-bond donors (Lipinski definition) is 1. The fourth-order valence-electron chi connectivity index (χ4n) is 1.83. The molecule has 0 fully saturated rings. The van der Waals surface area contributed by atoms with E-state index in [4.69, 9.17) is 5.73 Å².